The van der Waals surface area contributed by atoms with E-state index < -0.39 is 12.4 Å². The van der Waals surface area contributed by atoms with E-state index in [1.807, 2.05) is 5.43 Å². The third kappa shape index (κ3) is 2.84. The van der Waals surface area contributed by atoms with Crippen molar-refractivity contribution in [1.29, 1.82) is 0 Å². The van der Waals surface area contributed by atoms with Gasteiger partial charge in [-0.1, -0.05) is 0 Å². The first-order chi connectivity index (χ1) is 6.59. The Balaban J connectivity index is 2.70. The number of rotatable bonds is 3. The topological polar surface area (TPSA) is 138 Å². The normalized spacial score (nSPS) is 15.6. The zero-order valence-electron chi connectivity index (χ0n) is 7.14. The average Bonchev–Trinajstić information content (AvgIpc) is 2.01. The fourth-order valence-corrected chi connectivity index (χ4v) is 0.672. The van der Waals surface area contributed by atoms with Crippen LogP contribution in [0.3, 0.4) is 0 Å². The first-order valence-electron chi connectivity index (χ1n) is 3.68. The average molecular weight is 198 g/mol. The summed E-state index contributed by atoms with van der Waals surface area (Å²) in [7, 11) is 0. The van der Waals surface area contributed by atoms with Crippen molar-refractivity contribution >= 4 is 6.03 Å². The zero-order valence-corrected chi connectivity index (χ0v) is 7.14. The number of nitrogens with zero attached hydrogens (tertiary/aromatic N) is 2. The summed E-state index contributed by atoms with van der Waals surface area (Å²) in [6.07, 6.45) is -1.23. The van der Waals surface area contributed by atoms with Gasteiger partial charge in [-0.3, -0.25) is 11.2 Å². The highest BCUT2D eigenvalue weighted by Gasteiger charge is 1.94. The van der Waals surface area contributed by atoms with E-state index in [-0.39, 0.29) is 0 Å². The quantitative estimate of drug-likeness (QED) is 0.256. The van der Waals surface area contributed by atoms with E-state index in [0.717, 1.165) is 0 Å². The number of primary amides is 1. The molecule has 1 rings (SSSR count). The van der Waals surface area contributed by atoms with Crippen LogP contribution in [0.15, 0.2) is 22.3 Å². The van der Waals surface area contributed by atoms with Crippen LogP contribution >= 0.6 is 0 Å². The van der Waals surface area contributed by atoms with Gasteiger partial charge in [0.1, 0.15) is 10.7 Å². The summed E-state index contributed by atoms with van der Waals surface area (Å²) in [5.74, 6) is 0. The molecular formula is C6H10N6O2. The molecule has 76 valence electrons. The van der Waals surface area contributed by atoms with Crippen LogP contribution in [0.1, 0.15) is 0 Å². The van der Waals surface area contributed by atoms with Gasteiger partial charge in [0.15, 0.2) is 6.35 Å². The van der Waals surface area contributed by atoms with E-state index in [2.05, 4.69) is 15.6 Å². The smallest absolute Gasteiger partial charge is 0.332 e. The van der Waals surface area contributed by atoms with Crippen molar-refractivity contribution in [2.45, 2.75) is 6.35 Å². The summed E-state index contributed by atoms with van der Waals surface area (Å²) in [4.78, 5) is 10.3. The van der Waals surface area contributed by atoms with Gasteiger partial charge in [0.25, 0.3) is 0 Å². The van der Waals surface area contributed by atoms with E-state index in [9.17, 15) is 4.79 Å². The highest BCUT2D eigenvalue weighted by molar-refractivity contribution is 5.71. The maximum Gasteiger partial charge on any atom is 0.332 e. The number of amides is 2. The van der Waals surface area contributed by atoms with Crippen molar-refractivity contribution in [2.75, 3.05) is 0 Å². The van der Waals surface area contributed by atoms with Gasteiger partial charge in [-0.05, 0) is 12.1 Å². The largest absolute Gasteiger partial charge is 0.360 e. The Hall–Kier alpha value is -1.93. The van der Waals surface area contributed by atoms with Gasteiger partial charge in [-0.15, -0.1) is 0 Å². The minimum Gasteiger partial charge on any atom is -0.360 e. The van der Waals surface area contributed by atoms with Crippen molar-refractivity contribution < 1.29 is 9.90 Å². The Morgan fingerprint density at radius 3 is 2.43 bits per heavy atom. The molecule has 0 aliphatic carbocycles. The number of aliphatic hydroxyl groups excluding tert-OH is 1. The number of carbonyl (C=O) groups is 1. The van der Waals surface area contributed by atoms with Crippen LogP contribution in [0.2, 0.25) is 0 Å². The lowest BCUT2D eigenvalue weighted by molar-refractivity contribution is 0.144. The standard InChI is InChI=1S/C6H10N6O2/c7-5(13)11-9-3-1-2-4(3)10-12-6(8)14/h1-2,5,11,13H,7H2,(H3,8,12,14)/b9-3+,10-4+. The Morgan fingerprint density at radius 1 is 1.43 bits per heavy atom. The molecule has 0 bridgehead atoms. The molecule has 1 atom stereocenters. The number of nitrogens with two attached hydrogens (primary N) is 2. The number of aliphatic hydroxyl groups is 1. The van der Waals surface area contributed by atoms with Gasteiger partial charge in [0.05, 0.1) is 0 Å². The predicted molar refractivity (Wildman–Crippen MR) is 46.0 cm³/mol. The van der Waals surface area contributed by atoms with Crippen molar-refractivity contribution in [2.24, 2.45) is 21.7 Å². The minimum absolute atomic E-state index is 0.442. The van der Waals surface area contributed by atoms with Crippen molar-refractivity contribution in [3.63, 3.8) is 0 Å². The van der Waals surface area contributed by atoms with Crippen LogP contribution < -0.4 is 33.0 Å². The SMILES string of the molecule is NC(=O)N/N=c1\cc\c1=N/NC(N)O. The second-order valence-electron chi connectivity index (χ2n) is 2.38. The highest BCUT2D eigenvalue weighted by atomic mass is 16.3. The molecule has 2 amide bonds. The lowest BCUT2D eigenvalue weighted by Crippen LogP contribution is -2.40. The fraction of sp³-hybridized carbons (Fsp3) is 0.167. The van der Waals surface area contributed by atoms with Gasteiger partial charge < -0.3 is 10.8 Å². The number of hydrogen-bond acceptors (Lipinski definition) is 6. The predicted octanol–water partition coefficient (Wildman–Crippen LogP) is -3.31. The Kier molecular flexibility index (Phi) is 3.15. The molecule has 0 fully saturated rings. The van der Waals surface area contributed by atoms with Gasteiger partial charge in [0, 0.05) is 0 Å². The summed E-state index contributed by atoms with van der Waals surface area (Å²) in [5.41, 5.74) is 14.0. The monoisotopic (exact) mass is 198 g/mol. The molecule has 0 aliphatic rings. The molecule has 0 aliphatic heterocycles. The maximum atomic E-state index is 10.3. The van der Waals surface area contributed by atoms with Gasteiger partial charge in [-0.2, -0.15) is 10.2 Å². The Labute approximate surface area is 78.6 Å². The van der Waals surface area contributed by atoms with Crippen LogP contribution in [0.5, 0.6) is 0 Å². The summed E-state index contributed by atoms with van der Waals surface area (Å²) in [6.45, 7) is 0. The second-order valence-corrected chi connectivity index (χ2v) is 2.38. The van der Waals surface area contributed by atoms with Crippen molar-refractivity contribution in [1.82, 2.24) is 10.9 Å². The molecule has 0 heterocycles. The third-order valence-corrected chi connectivity index (χ3v) is 1.27. The molecule has 1 aromatic carbocycles. The molecule has 8 nitrogen and oxygen atoms in total. The Morgan fingerprint density at radius 2 is 2.00 bits per heavy atom. The first kappa shape index (κ1) is 10.2. The van der Waals surface area contributed by atoms with Gasteiger partial charge in [-0.25, -0.2) is 10.2 Å². The summed E-state index contributed by atoms with van der Waals surface area (Å²) in [5, 5.41) is 16.8. The summed E-state index contributed by atoms with van der Waals surface area (Å²) < 4.78 is 0. The Bertz CT molecular complexity index is 402. The number of hydrogen-bond donors (Lipinski definition) is 5. The zero-order chi connectivity index (χ0) is 10.6. The minimum atomic E-state index is -1.23. The van der Waals surface area contributed by atoms with Crippen LogP contribution in [0.25, 0.3) is 0 Å². The highest BCUT2D eigenvalue weighted by Crippen LogP contribution is 1.66. The van der Waals surface area contributed by atoms with E-state index >= 15 is 0 Å². The van der Waals surface area contributed by atoms with E-state index in [1.165, 1.54) is 0 Å². The molecule has 0 spiro atoms. The molecule has 0 saturated heterocycles. The van der Waals surface area contributed by atoms with Crippen molar-refractivity contribution in [3.8, 4) is 0 Å². The molecular weight excluding hydrogens is 188 g/mol. The van der Waals surface area contributed by atoms with Crippen molar-refractivity contribution in [3.05, 3.63) is 22.8 Å². The van der Waals surface area contributed by atoms with Gasteiger partial charge in [0.2, 0.25) is 0 Å². The lowest BCUT2D eigenvalue weighted by atomic mass is 10.3. The van der Waals surface area contributed by atoms with E-state index in [0.29, 0.717) is 10.7 Å². The molecule has 0 saturated carbocycles. The second kappa shape index (κ2) is 4.35. The molecule has 0 aromatic heterocycles. The van der Waals surface area contributed by atoms with Crippen LogP contribution in [0.4, 0.5) is 4.79 Å². The van der Waals surface area contributed by atoms with Gasteiger partial charge >= 0.3 is 6.03 Å². The fourth-order valence-electron chi connectivity index (χ4n) is 0.672. The van der Waals surface area contributed by atoms with Crippen LogP contribution in [-0.2, 0) is 0 Å². The van der Waals surface area contributed by atoms with Crippen LogP contribution in [0, 0.1) is 0 Å². The third-order valence-electron chi connectivity index (χ3n) is 1.27. The summed E-state index contributed by atoms with van der Waals surface area (Å²) in [6, 6.07) is 2.47. The van der Waals surface area contributed by atoms with E-state index in [4.69, 9.17) is 16.6 Å². The molecule has 0 radical (unpaired) electrons. The maximum absolute atomic E-state index is 10.3. The number of carbonyl (C=O) groups excluding carboxylic acids is 1. The lowest BCUT2D eigenvalue weighted by Gasteiger charge is -2.01. The molecule has 7 N–H and O–H groups in total. The summed E-state index contributed by atoms with van der Waals surface area (Å²) >= 11 is 0. The van der Waals surface area contributed by atoms with E-state index in [1.54, 1.807) is 12.1 Å². The van der Waals surface area contributed by atoms with Crippen LogP contribution in [-0.4, -0.2) is 17.5 Å². The number of nitrogens with one attached hydrogen (secondary N) is 2. The first-order valence-corrected chi connectivity index (χ1v) is 3.68. The molecule has 1 unspecified atom stereocenters. The molecule has 1 aromatic rings. The molecule has 8 heteroatoms. The molecule has 14 heavy (non-hydrogen) atoms. The number of urea groups is 1.